The minimum absolute atomic E-state index is 0.0409. The Labute approximate surface area is 183 Å². The van der Waals surface area contributed by atoms with E-state index in [2.05, 4.69) is 34.4 Å². The molecule has 160 valence electrons. The molecular weight excluding hydrogens is 388 g/mol. The van der Waals surface area contributed by atoms with Gasteiger partial charge in [0.2, 0.25) is 5.82 Å². The molecule has 0 saturated heterocycles. The molecule has 2 aromatic carbocycles. The first kappa shape index (κ1) is 21.0. The van der Waals surface area contributed by atoms with Crippen molar-refractivity contribution in [3.8, 4) is 11.3 Å². The highest BCUT2D eigenvalue weighted by Crippen LogP contribution is 2.29. The van der Waals surface area contributed by atoms with Gasteiger partial charge in [0.15, 0.2) is 0 Å². The van der Waals surface area contributed by atoms with Gasteiger partial charge in [-0.2, -0.15) is 0 Å². The molecule has 0 unspecified atom stereocenters. The van der Waals surface area contributed by atoms with Crippen LogP contribution in [-0.4, -0.2) is 27.9 Å². The molecule has 1 aromatic heterocycles. The lowest BCUT2D eigenvalue weighted by Gasteiger charge is -2.31. The van der Waals surface area contributed by atoms with Crippen molar-refractivity contribution in [2.24, 2.45) is 0 Å². The molecule has 1 fully saturated rings. The summed E-state index contributed by atoms with van der Waals surface area (Å²) in [6.07, 6.45) is 6.57. The van der Waals surface area contributed by atoms with Gasteiger partial charge in [0.1, 0.15) is 0 Å². The first-order valence-electron chi connectivity index (χ1n) is 10.9. The minimum Gasteiger partial charge on any atom is -0.334 e. The van der Waals surface area contributed by atoms with Gasteiger partial charge in [-0.25, -0.2) is 4.98 Å². The van der Waals surface area contributed by atoms with Crippen molar-refractivity contribution in [3.05, 3.63) is 82.4 Å². The number of aromatic nitrogens is 1. The molecule has 4 rings (SSSR count). The average Bonchev–Trinajstić information content (AvgIpc) is 2.81. The Hall–Kier alpha value is -3.25. The van der Waals surface area contributed by atoms with Gasteiger partial charge in [-0.1, -0.05) is 61.7 Å². The molecule has 0 radical (unpaired) electrons. The van der Waals surface area contributed by atoms with Crippen molar-refractivity contribution in [2.75, 3.05) is 12.4 Å². The fourth-order valence-electron chi connectivity index (χ4n) is 4.23. The summed E-state index contributed by atoms with van der Waals surface area (Å²) in [6, 6.07) is 21.6. The number of hydrogen-bond acceptors (Lipinski definition) is 5. The van der Waals surface area contributed by atoms with Crippen molar-refractivity contribution < 1.29 is 4.92 Å². The molecule has 1 aliphatic rings. The predicted octanol–water partition coefficient (Wildman–Crippen LogP) is 6.16. The summed E-state index contributed by atoms with van der Waals surface area (Å²) < 4.78 is 0. The quantitative estimate of drug-likeness (QED) is 0.369. The molecule has 1 heterocycles. The van der Waals surface area contributed by atoms with Gasteiger partial charge in [-0.15, -0.1) is 0 Å². The van der Waals surface area contributed by atoms with Crippen molar-refractivity contribution >= 4 is 17.2 Å². The lowest BCUT2D eigenvalue weighted by Crippen LogP contribution is -2.32. The standard InChI is InChI=1S/C25H28N4O2/c1-28(22-10-6-3-7-11-22)18-19-12-14-21(15-13-19)26-25-24(29(30)31)17-16-23(27-25)20-8-4-2-5-9-20/h2,4-5,8-9,12-17,22H,3,6-7,10-11,18H2,1H3,(H,26,27). The van der Waals surface area contributed by atoms with Crippen LogP contribution >= 0.6 is 0 Å². The lowest BCUT2D eigenvalue weighted by molar-refractivity contribution is -0.384. The fraction of sp³-hybridized carbons (Fsp3) is 0.320. The van der Waals surface area contributed by atoms with Crippen molar-refractivity contribution in [1.29, 1.82) is 0 Å². The van der Waals surface area contributed by atoms with Crippen molar-refractivity contribution in [3.63, 3.8) is 0 Å². The van der Waals surface area contributed by atoms with E-state index in [1.165, 1.54) is 43.7 Å². The molecule has 31 heavy (non-hydrogen) atoms. The van der Waals surface area contributed by atoms with Gasteiger partial charge in [0.25, 0.3) is 0 Å². The van der Waals surface area contributed by atoms with E-state index in [4.69, 9.17) is 0 Å². The first-order valence-corrected chi connectivity index (χ1v) is 10.9. The van der Waals surface area contributed by atoms with E-state index < -0.39 is 4.92 Å². The summed E-state index contributed by atoms with van der Waals surface area (Å²) in [6.45, 7) is 0.910. The van der Waals surface area contributed by atoms with Gasteiger partial charge in [0, 0.05) is 29.9 Å². The molecule has 0 atom stereocenters. The number of pyridine rings is 1. The highest BCUT2D eigenvalue weighted by molar-refractivity contribution is 5.70. The van der Waals surface area contributed by atoms with Crippen molar-refractivity contribution in [2.45, 2.75) is 44.7 Å². The van der Waals surface area contributed by atoms with Crippen LogP contribution in [0.3, 0.4) is 0 Å². The Morgan fingerprint density at radius 3 is 2.39 bits per heavy atom. The highest BCUT2D eigenvalue weighted by atomic mass is 16.6. The monoisotopic (exact) mass is 416 g/mol. The van der Waals surface area contributed by atoms with Gasteiger partial charge < -0.3 is 5.32 Å². The van der Waals surface area contributed by atoms with Crippen molar-refractivity contribution in [1.82, 2.24) is 9.88 Å². The Morgan fingerprint density at radius 2 is 1.71 bits per heavy atom. The first-order chi connectivity index (χ1) is 15.1. The number of benzene rings is 2. The third kappa shape index (κ3) is 5.27. The van der Waals surface area contributed by atoms with Crippen LogP contribution in [0, 0.1) is 10.1 Å². The maximum atomic E-state index is 11.5. The van der Waals surface area contributed by atoms with Crippen LogP contribution in [0.25, 0.3) is 11.3 Å². The molecule has 1 aliphatic carbocycles. The lowest BCUT2D eigenvalue weighted by atomic mass is 9.94. The zero-order valence-electron chi connectivity index (χ0n) is 17.8. The van der Waals surface area contributed by atoms with Crippen LogP contribution in [0.15, 0.2) is 66.7 Å². The fourth-order valence-corrected chi connectivity index (χ4v) is 4.23. The molecule has 6 nitrogen and oxygen atoms in total. The van der Waals surface area contributed by atoms with Crippen LogP contribution in [0.5, 0.6) is 0 Å². The van der Waals surface area contributed by atoms with Gasteiger partial charge >= 0.3 is 5.69 Å². The van der Waals surface area contributed by atoms with Crippen LogP contribution in [0.2, 0.25) is 0 Å². The van der Waals surface area contributed by atoms with Gasteiger partial charge in [-0.05, 0) is 43.7 Å². The Morgan fingerprint density at radius 1 is 1.00 bits per heavy atom. The molecule has 0 amide bonds. The van der Waals surface area contributed by atoms with Crippen LogP contribution < -0.4 is 5.32 Å². The third-order valence-electron chi connectivity index (χ3n) is 5.99. The van der Waals surface area contributed by atoms with E-state index in [1.54, 1.807) is 6.07 Å². The molecule has 3 aromatic rings. The van der Waals surface area contributed by atoms with Crippen LogP contribution in [-0.2, 0) is 6.54 Å². The Kier molecular flexibility index (Phi) is 6.57. The molecule has 0 spiro atoms. The molecule has 0 aliphatic heterocycles. The summed E-state index contributed by atoms with van der Waals surface area (Å²) >= 11 is 0. The SMILES string of the molecule is CN(Cc1ccc(Nc2nc(-c3ccccc3)ccc2[N+](=O)[O-])cc1)C1CCCCC1. The summed E-state index contributed by atoms with van der Waals surface area (Å²) in [5.74, 6) is 0.249. The third-order valence-corrected chi connectivity index (χ3v) is 5.99. The number of anilines is 2. The van der Waals surface area contributed by atoms with E-state index in [9.17, 15) is 10.1 Å². The second-order valence-corrected chi connectivity index (χ2v) is 8.22. The molecule has 0 bridgehead atoms. The minimum atomic E-state index is -0.405. The maximum absolute atomic E-state index is 11.5. The largest absolute Gasteiger partial charge is 0.334 e. The number of nitrogens with zero attached hydrogens (tertiary/aromatic N) is 3. The van der Waals surface area contributed by atoms with Gasteiger partial charge in [-0.3, -0.25) is 15.0 Å². The van der Waals surface area contributed by atoms with E-state index >= 15 is 0 Å². The summed E-state index contributed by atoms with van der Waals surface area (Å²) in [5.41, 5.74) is 3.59. The predicted molar refractivity (Wildman–Crippen MR) is 124 cm³/mol. The van der Waals surface area contributed by atoms with Crippen LogP contribution in [0.4, 0.5) is 17.2 Å². The second kappa shape index (κ2) is 9.71. The molecule has 1 saturated carbocycles. The summed E-state index contributed by atoms with van der Waals surface area (Å²) in [5, 5.41) is 14.6. The van der Waals surface area contributed by atoms with Gasteiger partial charge in [0.05, 0.1) is 10.6 Å². The maximum Gasteiger partial charge on any atom is 0.311 e. The smallest absolute Gasteiger partial charge is 0.311 e. The zero-order chi connectivity index (χ0) is 21.6. The number of hydrogen-bond donors (Lipinski definition) is 1. The molecular formula is C25H28N4O2. The Bertz CT molecular complexity index is 1020. The normalized spacial score (nSPS) is 14.5. The molecule has 6 heteroatoms. The van der Waals surface area contributed by atoms with E-state index in [1.807, 2.05) is 42.5 Å². The number of nitro groups is 1. The van der Waals surface area contributed by atoms with E-state index in [-0.39, 0.29) is 11.5 Å². The highest BCUT2D eigenvalue weighted by Gasteiger charge is 2.19. The van der Waals surface area contributed by atoms with Crippen LogP contribution in [0.1, 0.15) is 37.7 Å². The number of nitrogens with one attached hydrogen (secondary N) is 1. The Balaban J connectivity index is 1.49. The van der Waals surface area contributed by atoms with E-state index in [0.29, 0.717) is 11.7 Å². The second-order valence-electron chi connectivity index (χ2n) is 8.22. The summed E-state index contributed by atoms with van der Waals surface area (Å²) in [4.78, 5) is 18.1. The molecule has 1 N–H and O–H groups in total. The summed E-state index contributed by atoms with van der Waals surface area (Å²) in [7, 11) is 2.20. The number of rotatable bonds is 7. The van der Waals surface area contributed by atoms with E-state index in [0.717, 1.165) is 17.8 Å². The topological polar surface area (TPSA) is 71.3 Å². The zero-order valence-corrected chi connectivity index (χ0v) is 17.8. The average molecular weight is 417 g/mol.